The van der Waals surface area contributed by atoms with E-state index in [1.807, 2.05) is 0 Å². The summed E-state index contributed by atoms with van der Waals surface area (Å²) in [6.45, 7) is 0.0215. The summed E-state index contributed by atoms with van der Waals surface area (Å²) in [6, 6.07) is 2.13. The second kappa shape index (κ2) is 5.20. The highest BCUT2D eigenvalue weighted by Crippen LogP contribution is 2.13. The van der Waals surface area contributed by atoms with E-state index in [4.69, 9.17) is 14.0 Å². The van der Waals surface area contributed by atoms with E-state index >= 15 is 0 Å². The zero-order valence-electron chi connectivity index (χ0n) is 9.44. The molecule has 0 saturated carbocycles. The molecule has 2 aromatic heterocycles. The number of rotatable bonds is 6. The molecule has 0 aliphatic carbocycles. The Bertz CT molecular complexity index is 660. The van der Waals surface area contributed by atoms with E-state index in [1.54, 1.807) is 0 Å². The molecule has 10 heteroatoms. The van der Waals surface area contributed by atoms with Gasteiger partial charge >= 0.3 is 5.97 Å². The van der Waals surface area contributed by atoms with Crippen LogP contribution in [-0.4, -0.2) is 36.2 Å². The first-order valence-corrected chi connectivity index (χ1v) is 6.56. The van der Waals surface area contributed by atoms with Gasteiger partial charge in [-0.1, -0.05) is 5.16 Å². The van der Waals surface area contributed by atoms with Gasteiger partial charge in [0.25, 0.3) is 10.0 Å². The highest BCUT2D eigenvalue weighted by Gasteiger charge is 2.20. The van der Waals surface area contributed by atoms with E-state index in [9.17, 15) is 13.2 Å². The van der Waals surface area contributed by atoms with Crippen LogP contribution < -0.4 is 4.72 Å². The summed E-state index contributed by atoms with van der Waals surface area (Å²) in [6.07, 6.45) is 1.42. The quantitative estimate of drug-likeness (QED) is 0.750. The Morgan fingerprint density at radius 3 is 2.79 bits per heavy atom. The number of hydrogen-bond donors (Lipinski definition) is 2. The van der Waals surface area contributed by atoms with Crippen molar-refractivity contribution in [2.24, 2.45) is 0 Å². The van der Waals surface area contributed by atoms with Gasteiger partial charge in [-0.3, -0.25) is 0 Å². The SMILES string of the molecule is O=C(O)c1ccc(S(=O)(=O)NCCc2ncno2)o1. The smallest absolute Gasteiger partial charge is 0.371 e. The maximum absolute atomic E-state index is 11.7. The zero-order chi connectivity index (χ0) is 13.9. The number of carbonyl (C=O) groups is 1. The number of aromatic carboxylic acids is 1. The Hall–Kier alpha value is -2.20. The van der Waals surface area contributed by atoms with Crippen molar-refractivity contribution in [3.05, 3.63) is 30.1 Å². The number of nitrogens with zero attached hydrogens (tertiary/aromatic N) is 2. The number of carboxylic acid groups (broad SMARTS) is 1. The molecule has 0 aromatic carbocycles. The summed E-state index contributed by atoms with van der Waals surface area (Å²) in [5.41, 5.74) is 0. The molecule has 0 unspecified atom stereocenters. The minimum atomic E-state index is -3.90. The number of hydrogen-bond acceptors (Lipinski definition) is 7. The van der Waals surface area contributed by atoms with Crippen LogP contribution in [0.5, 0.6) is 0 Å². The highest BCUT2D eigenvalue weighted by atomic mass is 32.2. The van der Waals surface area contributed by atoms with Gasteiger partial charge in [0.15, 0.2) is 6.33 Å². The van der Waals surface area contributed by atoms with E-state index in [-0.39, 0.29) is 18.9 Å². The molecule has 0 bridgehead atoms. The Balaban J connectivity index is 1.99. The van der Waals surface area contributed by atoms with E-state index in [0.717, 1.165) is 12.1 Å². The average Bonchev–Trinajstić information content (AvgIpc) is 2.99. The van der Waals surface area contributed by atoms with Crippen molar-refractivity contribution in [3.63, 3.8) is 0 Å². The van der Waals surface area contributed by atoms with Gasteiger partial charge < -0.3 is 14.0 Å². The van der Waals surface area contributed by atoms with Crippen LogP contribution in [0, 0.1) is 0 Å². The first-order chi connectivity index (χ1) is 8.99. The number of sulfonamides is 1. The lowest BCUT2D eigenvalue weighted by atomic mass is 10.4. The van der Waals surface area contributed by atoms with Crippen molar-refractivity contribution < 1.29 is 27.3 Å². The summed E-state index contributed by atoms with van der Waals surface area (Å²) in [5.74, 6) is -1.50. The molecule has 0 aliphatic heterocycles. The fraction of sp³-hybridized carbons (Fsp3) is 0.222. The van der Waals surface area contributed by atoms with Crippen LogP contribution >= 0.6 is 0 Å². The third-order valence-corrected chi connectivity index (χ3v) is 3.43. The average molecular weight is 287 g/mol. The van der Waals surface area contributed by atoms with E-state index in [0.29, 0.717) is 0 Å². The van der Waals surface area contributed by atoms with Crippen LogP contribution in [0.15, 0.2) is 32.5 Å². The Morgan fingerprint density at radius 2 is 2.21 bits per heavy atom. The second-order valence-electron chi connectivity index (χ2n) is 3.41. The molecule has 2 heterocycles. The van der Waals surface area contributed by atoms with Crippen molar-refractivity contribution >= 4 is 16.0 Å². The lowest BCUT2D eigenvalue weighted by Crippen LogP contribution is -2.25. The number of furan rings is 1. The van der Waals surface area contributed by atoms with Crippen molar-refractivity contribution in [2.45, 2.75) is 11.5 Å². The maximum atomic E-state index is 11.7. The van der Waals surface area contributed by atoms with E-state index in [1.165, 1.54) is 6.33 Å². The lowest BCUT2D eigenvalue weighted by Gasteiger charge is -2.01. The fourth-order valence-electron chi connectivity index (χ4n) is 1.25. The molecule has 0 radical (unpaired) electrons. The Morgan fingerprint density at radius 1 is 1.42 bits per heavy atom. The van der Waals surface area contributed by atoms with Crippen LogP contribution in [-0.2, 0) is 16.4 Å². The predicted molar refractivity (Wildman–Crippen MR) is 58.9 cm³/mol. The molecule has 0 spiro atoms. The summed E-state index contributed by atoms with van der Waals surface area (Å²) < 4.78 is 35.1. The fourth-order valence-corrected chi connectivity index (χ4v) is 2.21. The third-order valence-electron chi connectivity index (χ3n) is 2.09. The number of carboxylic acids is 1. The minimum absolute atomic E-state index is 0.0215. The normalized spacial score (nSPS) is 11.6. The molecule has 2 rings (SSSR count). The minimum Gasteiger partial charge on any atom is -0.475 e. The molecule has 102 valence electrons. The summed E-state index contributed by atoms with van der Waals surface area (Å²) in [7, 11) is -3.90. The number of nitrogens with one attached hydrogen (secondary N) is 1. The van der Waals surface area contributed by atoms with Gasteiger partial charge in [-0.2, -0.15) is 4.98 Å². The van der Waals surface area contributed by atoms with Gasteiger partial charge in [-0.25, -0.2) is 17.9 Å². The first-order valence-electron chi connectivity index (χ1n) is 5.07. The molecule has 2 aromatic rings. The Kier molecular flexibility index (Phi) is 3.62. The molecule has 0 fully saturated rings. The molecule has 0 aliphatic rings. The molecule has 0 amide bonds. The van der Waals surface area contributed by atoms with Crippen LogP contribution in [0.2, 0.25) is 0 Å². The van der Waals surface area contributed by atoms with Crippen molar-refractivity contribution in [3.8, 4) is 0 Å². The molecular weight excluding hydrogens is 278 g/mol. The zero-order valence-corrected chi connectivity index (χ0v) is 10.3. The molecular formula is C9H9N3O6S. The van der Waals surface area contributed by atoms with Gasteiger partial charge in [0.2, 0.25) is 16.7 Å². The van der Waals surface area contributed by atoms with E-state index in [2.05, 4.69) is 14.9 Å². The summed E-state index contributed by atoms with van der Waals surface area (Å²) in [4.78, 5) is 14.3. The van der Waals surface area contributed by atoms with Gasteiger partial charge in [0.1, 0.15) is 0 Å². The van der Waals surface area contributed by atoms with Crippen molar-refractivity contribution in [1.82, 2.24) is 14.9 Å². The Labute approximate surface area is 107 Å². The molecule has 2 N–H and O–H groups in total. The van der Waals surface area contributed by atoms with Gasteiger partial charge in [0, 0.05) is 13.0 Å². The van der Waals surface area contributed by atoms with Gasteiger partial charge in [0.05, 0.1) is 0 Å². The lowest BCUT2D eigenvalue weighted by molar-refractivity contribution is 0.0656. The van der Waals surface area contributed by atoms with Crippen molar-refractivity contribution in [2.75, 3.05) is 6.54 Å². The van der Waals surface area contributed by atoms with Gasteiger partial charge in [-0.05, 0) is 12.1 Å². The standard InChI is InChI=1S/C9H9N3O6S/c13-9(14)6-1-2-8(17-6)19(15,16)12-4-3-7-10-5-11-18-7/h1-2,5,12H,3-4H2,(H,13,14). The molecule has 0 atom stereocenters. The van der Waals surface area contributed by atoms with Crippen molar-refractivity contribution in [1.29, 1.82) is 0 Å². The third kappa shape index (κ3) is 3.17. The predicted octanol–water partition coefficient (Wildman–Crippen LogP) is -0.118. The second-order valence-corrected chi connectivity index (χ2v) is 5.10. The highest BCUT2D eigenvalue weighted by molar-refractivity contribution is 7.89. The van der Waals surface area contributed by atoms with Crippen LogP contribution in [0.1, 0.15) is 16.4 Å². The maximum Gasteiger partial charge on any atom is 0.371 e. The van der Waals surface area contributed by atoms with Crippen LogP contribution in [0.3, 0.4) is 0 Å². The van der Waals surface area contributed by atoms with Crippen LogP contribution in [0.4, 0.5) is 0 Å². The van der Waals surface area contributed by atoms with E-state index < -0.39 is 26.8 Å². The topological polar surface area (TPSA) is 136 Å². The van der Waals surface area contributed by atoms with Crippen LogP contribution in [0.25, 0.3) is 0 Å². The first kappa shape index (κ1) is 13.2. The number of aromatic nitrogens is 2. The molecule has 9 nitrogen and oxygen atoms in total. The summed E-state index contributed by atoms with van der Waals surface area (Å²) >= 11 is 0. The van der Waals surface area contributed by atoms with Gasteiger partial charge in [-0.15, -0.1) is 0 Å². The molecule has 0 saturated heterocycles. The monoisotopic (exact) mass is 287 g/mol. The molecule has 19 heavy (non-hydrogen) atoms. The summed E-state index contributed by atoms with van der Waals surface area (Å²) in [5, 5.41) is 11.5. The largest absolute Gasteiger partial charge is 0.475 e.